The van der Waals surface area contributed by atoms with E-state index in [9.17, 15) is 9.18 Å². The first-order chi connectivity index (χ1) is 11.6. The number of carbonyl (C=O) groups excluding carboxylic acids is 1. The summed E-state index contributed by atoms with van der Waals surface area (Å²) in [5.41, 5.74) is 2.84. The van der Waals surface area contributed by atoms with Crippen molar-refractivity contribution in [3.05, 3.63) is 71.0 Å². The highest BCUT2D eigenvalue weighted by Gasteiger charge is 2.21. The van der Waals surface area contributed by atoms with Crippen LogP contribution in [0, 0.1) is 5.82 Å². The number of Topliss-reactive ketones (excluding diaryl/α,β-unsaturated/α-hetero) is 1. The van der Waals surface area contributed by atoms with Gasteiger partial charge in [-0.1, -0.05) is 30.3 Å². The van der Waals surface area contributed by atoms with Crippen molar-refractivity contribution in [3.8, 4) is 0 Å². The summed E-state index contributed by atoms with van der Waals surface area (Å²) in [5.74, 6) is -0.121. The van der Waals surface area contributed by atoms with Crippen molar-refractivity contribution in [2.45, 2.75) is 26.0 Å². The highest BCUT2D eigenvalue weighted by molar-refractivity contribution is 5.94. The Balaban J connectivity index is 1.61. The smallest absolute Gasteiger partial charge is 0.159 e. The molecule has 0 bridgehead atoms. The molecule has 3 rings (SSSR count). The largest absolute Gasteiger partial charge is 0.375 e. The maximum absolute atomic E-state index is 13.3. The Bertz CT molecular complexity index is 716. The average Bonchev–Trinajstić information content (AvgIpc) is 2.55. The average molecular weight is 327 g/mol. The summed E-state index contributed by atoms with van der Waals surface area (Å²) in [6.07, 6.45) is 0.776. The first kappa shape index (κ1) is 16.8. The number of nitrogens with zero attached hydrogens (tertiary/aromatic N) is 1. The third-order valence-corrected chi connectivity index (χ3v) is 4.31. The van der Waals surface area contributed by atoms with Gasteiger partial charge < -0.3 is 4.74 Å². The molecule has 0 spiro atoms. The van der Waals surface area contributed by atoms with Gasteiger partial charge in [-0.15, -0.1) is 0 Å². The maximum atomic E-state index is 13.3. The van der Waals surface area contributed by atoms with Crippen LogP contribution >= 0.6 is 0 Å². The topological polar surface area (TPSA) is 29.5 Å². The van der Waals surface area contributed by atoms with Crippen molar-refractivity contribution in [1.29, 1.82) is 0 Å². The van der Waals surface area contributed by atoms with E-state index < -0.39 is 0 Å². The monoisotopic (exact) mass is 327 g/mol. The third-order valence-electron chi connectivity index (χ3n) is 4.31. The van der Waals surface area contributed by atoms with Gasteiger partial charge in [0.2, 0.25) is 0 Å². The lowest BCUT2D eigenvalue weighted by Crippen LogP contribution is -2.42. The fourth-order valence-electron chi connectivity index (χ4n) is 3.12. The predicted octanol–water partition coefficient (Wildman–Crippen LogP) is 3.47. The molecular weight excluding hydrogens is 305 g/mol. The van der Waals surface area contributed by atoms with Gasteiger partial charge in [-0.25, -0.2) is 4.39 Å². The van der Waals surface area contributed by atoms with E-state index in [1.54, 1.807) is 19.1 Å². The Labute approximate surface area is 142 Å². The Morgan fingerprint density at radius 3 is 2.79 bits per heavy atom. The summed E-state index contributed by atoms with van der Waals surface area (Å²) in [6.45, 7) is 4.73. The number of halogens is 1. The number of hydrogen-bond acceptors (Lipinski definition) is 3. The predicted molar refractivity (Wildman–Crippen MR) is 91.6 cm³/mol. The number of benzene rings is 2. The van der Waals surface area contributed by atoms with Gasteiger partial charge in [-0.3, -0.25) is 9.69 Å². The van der Waals surface area contributed by atoms with Gasteiger partial charge in [0.15, 0.2) is 5.78 Å². The van der Waals surface area contributed by atoms with E-state index in [4.69, 9.17) is 4.74 Å². The van der Waals surface area contributed by atoms with Gasteiger partial charge in [-0.05, 0) is 42.7 Å². The quantitative estimate of drug-likeness (QED) is 0.788. The maximum Gasteiger partial charge on any atom is 0.159 e. The van der Waals surface area contributed by atoms with Crippen LogP contribution in [0.3, 0.4) is 0 Å². The molecule has 1 aliphatic rings. The number of hydrogen-bond donors (Lipinski definition) is 0. The van der Waals surface area contributed by atoms with E-state index in [0.717, 1.165) is 36.3 Å². The van der Waals surface area contributed by atoms with Gasteiger partial charge >= 0.3 is 0 Å². The minimum Gasteiger partial charge on any atom is -0.375 e. The summed E-state index contributed by atoms with van der Waals surface area (Å²) >= 11 is 0. The lowest BCUT2D eigenvalue weighted by Gasteiger charge is -2.33. The van der Waals surface area contributed by atoms with Crippen molar-refractivity contribution in [1.82, 2.24) is 4.90 Å². The molecule has 2 aromatic rings. The molecule has 24 heavy (non-hydrogen) atoms. The van der Waals surface area contributed by atoms with E-state index in [1.807, 2.05) is 30.3 Å². The molecule has 126 valence electrons. The number of ether oxygens (including phenoxy) is 1. The Kier molecular flexibility index (Phi) is 5.38. The highest BCUT2D eigenvalue weighted by atomic mass is 19.1. The second-order valence-electron chi connectivity index (χ2n) is 6.32. The van der Waals surface area contributed by atoms with Gasteiger partial charge in [0.05, 0.1) is 12.7 Å². The van der Waals surface area contributed by atoms with E-state index in [1.165, 1.54) is 6.07 Å². The van der Waals surface area contributed by atoms with Crippen molar-refractivity contribution in [3.63, 3.8) is 0 Å². The van der Waals surface area contributed by atoms with Crippen molar-refractivity contribution in [2.24, 2.45) is 0 Å². The van der Waals surface area contributed by atoms with Crippen LogP contribution < -0.4 is 0 Å². The van der Waals surface area contributed by atoms with Crippen LogP contribution in [0.15, 0.2) is 48.5 Å². The van der Waals surface area contributed by atoms with Crippen LogP contribution in [-0.4, -0.2) is 36.5 Å². The second kappa shape index (κ2) is 7.69. The fourth-order valence-corrected chi connectivity index (χ4v) is 3.12. The molecule has 1 aliphatic heterocycles. The van der Waals surface area contributed by atoms with Crippen LogP contribution in [0.5, 0.6) is 0 Å². The molecule has 0 N–H and O–H groups in total. The van der Waals surface area contributed by atoms with Gasteiger partial charge in [0, 0.05) is 25.2 Å². The number of carbonyl (C=O) groups is 1. The number of morpholine rings is 1. The van der Waals surface area contributed by atoms with Crippen LogP contribution in [0.4, 0.5) is 4.39 Å². The summed E-state index contributed by atoms with van der Waals surface area (Å²) in [5, 5.41) is 0. The van der Waals surface area contributed by atoms with E-state index in [0.29, 0.717) is 13.0 Å². The lowest BCUT2D eigenvalue weighted by atomic mass is 10.0. The summed E-state index contributed by atoms with van der Waals surface area (Å²) in [6, 6.07) is 14.5. The Morgan fingerprint density at radius 1 is 1.21 bits per heavy atom. The number of ketones is 1. The molecule has 1 unspecified atom stereocenters. The zero-order valence-electron chi connectivity index (χ0n) is 13.9. The molecule has 0 amide bonds. The van der Waals surface area contributed by atoms with Crippen LogP contribution in [0.25, 0.3) is 0 Å². The second-order valence-corrected chi connectivity index (χ2v) is 6.32. The Morgan fingerprint density at radius 2 is 2.00 bits per heavy atom. The molecule has 3 nitrogen and oxygen atoms in total. The summed E-state index contributed by atoms with van der Waals surface area (Å²) < 4.78 is 19.1. The molecule has 1 atom stereocenters. The molecule has 1 heterocycles. The van der Waals surface area contributed by atoms with Crippen LogP contribution in [0.1, 0.15) is 28.4 Å². The summed E-state index contributed by atoms with van der Waals surface area (Å²) in [4.78, 5) is 13.8. The van der Waals surface area contributed by atoms with Gasteiger partial charge in [0.25, 0.3) is 0 Å². The fraction of sp³-hybridized carbons (Fsp3) is 0.350. The van der Waals surface area contributed by atoms with E-state index in [2.05, 4.69) is 4.90 Å². The standard InChI is InChI=1S/C20H22FNO2/c1-15(23)18-6-2-5-17(10-18)13-22-8-9-24-20(14-22)12-16-4-3-7-19(21)11-16/h2-7,10-11,20H,8-9,12-14H2,1H3. The molecular formula is C20H22FNO2. The van der Waals surface area contributed by atoms with Crippen molar-refractivity contribution >= 4 is 5.78 Å². The first-order valence-corrected chi connectivity index (χ1v) is 8.28. The molecule has 0 saturated carbocycles. The SMILES string of the molecule is CC(=O)c1cccc(CN2CCOC(Cc3cccc(F)c3)C2)c1. The third kappa shape index (κ3) is 4.49. The van der Waals surface area contributed by atoms with Gasteiger partial charge in [-0.2, -0.15) is 0 Å². The van der Waals surface area contributed by atoms with E-state index >= 15 is 0 Å². The molecule has 0 radical (unpaired) electrons. The molecule has 2 aromatic carbocycles. The van der Waals surface area contributed by atoms with Crippen molar-refractivity contribution in [2.75, 3.05) is 19.7 Å². The Hall–Kier alpha value is -2.04. The minimum atomic E-state index is -0.207. The lowest BCUT2D eigenvalue weighted by molar-refractivity contribution is -0.0305. The van der Waals surface area contributed by atoms with Crippen LogP contribution in [0.2, 0.25) is 0 Å². The zero-order valence-corrected chi connectivity index (χ0v) is 13.9. The summed E-state index contributed by atoms with van der Waals surface area (Å²) in [7, 11) is 0. The van der Waals surface area contributed by atoms with Crippen molar-refractivity contribution < 1.29 is 13.9 Å². The highest BCUT2D eigenvalue weighted by Crippen LogP contribution is 2.16. The minimum absolute atomic E-state index is 0.0662. The molecule has 4 heteroatoms. The molecule has 0 aliphatic carbocycles. The molecule has 0 aromatic heterocycles. The van der Waals surface area contributed by atoms with Crippen LogP contribution in [-0.2, 0) is 17.7 Å². The van der Waals surface area contributed by atoms with E-state index in [-0.39, 0.29) is 17.7 Å². The zero-order chi connectivity index (χ0) is 16.9. The molecule has 1 fully saturated rings. The number of rotatable bonds is 5. The normalized spacial score (nSPS) is 18.5. The van der Waals surface area contributed by atoms with Gasteiger partial charge in [0.1, 0.15) is 5.82 Å². The first-order valence-electron chi connectivity index (χ1n) is 8.28. The molecule has 1 saturated heterocycles.